The number of methoxy groups -OCH3 is 2. The van der Waals surface area contributed by atoms with Gasteiger partial charge in [0.05, 0.1) is 14.2 Å². The van der Waals surface area contributed by atoms with Gasteiger partial charge in [-0.1, -0.05) is 18.2 Å². The van der Waals surface area contributed by atoms with Crippen LogP contribution in [0.1, 0.15) is 0 Å². The number of hydrogen-bond acceptors (Lipinski definition) is 6. The van der Waals surface area contributed by atoms with Crippen molar-refractivity contribution in [1.29, 1.82) is 5.26 Å². The van der Waals surface area contributed by atoms with E-state index in [0.717, 1.165) is 14.2 Å². The van der Waals surface area contributed by atoms with Gasteiger partial charge in [0.1, 0.15) is 6.07 Å². The highest BCUT2D eigenvalue weighted by atomic mass is 16.5. The summed E-state index contributed by atoms with van der Waals surface area (Å²) < 4.78 is 8.99. The first-order valence-electron chi connectivity index (χ1n) is 5.27. The van der Waals surface area contributed by atoms with Crippen molar-refractivity contribution in [3.05, 3.63) is 41.6 Å². The zero-order chi connectivity index (χ0) is 14.3. The number of nitriles is 1. The van der Waals surface area contributed by atoms with Gasteiger partial charge >= 0.3 is 11.9 Å². The standard InChI is InChI=1S/C13H12N2O4/c1-18-12(16)10(8-14)11(13(17)19-2)15-9-6-4-3-5-7-9/h3-7,15H,1-2H3/b11-10+. The average Bonchev–Trinajstić information content (AvgIpc) is 2.46. The van der Waals surface area contributed by atoms with Gasteiger partial charge in [-0.05, 0) is 12.1 Å². The summed E-state index contributed by atoms with van der Waals surface area (Å²) in [6.07, 6.45) is 0. The van der Waals surface area contributed by atoms with Crippen LogP contribution < -0.4 is 5.32 Å². The minimum atomic E-state index is -0.911. The highest BCUT2D eigenvalue weighted by Crippen LogP contribution is 2.14. The Hall–Kier alpha value is -2.81. The number of carbonyl (C=O) groups is 2. The van der Waals surface area contributed by atoms with Crippen LogP contribution in [0.3, 0.4) is 0 Å². The topological polar surface area (TPSA) is 88.4 Å². The lowest BCUT2D eigenvalue weighted by molar-refractivity contribution is -0.138. The van der Waals surface area contributed by atoms with Gasteiger partial charge < -0.3 is 14.8 Å². The van der Waals surface area contributed by atoms with E-state index in [2.05, 4.69) is 14.8 Å². The van der Waals surface area contributed by atoms with Gasteiger partial charge in [0, 0.05) is 5.69 Å². The molecule has 0 atom stereocenters. The molecule has 1 N–H and O–H groups in total. The molecule has 6 nitrogen and oxygen atoms in total. The number of esters is 2. The van der Waals surface area contributed by atoms with Crippen molar-refractivity contribution >= 4 is 17.6 Å². The van der Waals surface area contributed by atoms with E-state index in [-0.39, 0.29) is 5.70 Å². The first-order chi connectivity index (χ1) is 9.13. The van der Waals surface area contributed by atoms with E-state index in [1.54, 1.807) is 36.4 Å². The number of nitrogens with zero attached hydrogens (tertiary/aromatic N) is 1. The van der Waals surface area contributed by atoms with Gasteiger partial charge in [0.25, 0.3) is 0 Å². The molecule has 19 heavy (non-hydrogen) atoms. The second-order valence-electron chi connectivity index (χ2n) is 3.34. The largest absolute Gasteiger partial charge is 0.465 e. The molecule has 1 rings (SSSR count). The first kappa shape index (κ1) is 14.3. The predicted octanol–water partition coefficient (Wildman–Crippen LogP) is 1.22. The van der Waals surface area contributed by atoms with Gasteiger partial charge in [-0.15, -0.1) is 0 Å². The SMILES string of the molecule is COC(=O)/C(C#N)=C(/Nc1ccccc1)C(=O)OC. The second-order valence-corrected chi connectivity index (χ2v) is 3.34. The van der Waals surface area contributed by atoms with Crippen molar-refractivity contribution in [1.82, 2.24) is 0 Å². The van der Waals surface area contributed by atoms with Gasteiger partial charge in [-0.2, -0.15) is 5.26 Å². The Morgan fingerprint density at radius 2 is 1.68 bits per heavy atom. The maximum Gasteiger partial charge on any atom is 0.356 e. The number of anilines is 1. The Bertz CT molecular complexity index is 544. The molecule has 0 aliphatic heterocycles. The molecule has 0 spiro atoms. The molecule has 0 aliphatic carbocycles. The lowest BCUT2D eigenvalue weighted by atomic mass is 10.2. The van der Waals surface area contributed by atoms with E-state index in [1.165, 1.54) is 0 Å². The van der Waals surface area contributed by atoms with Crippen molar-refractivity contribution in [3.8, 4) is 6.07 Å². The van der Waals surface area contributed by atoms with E-state index >= 15 is 0 Å². The Morgan fingerprint density at radius 1 is 1.11 bits per heavy atom. The normalized spacial score (nSPS) is 10.8. The quantitative estimate of drug-likeness (QED) is 0.497. The molecule has 0 unspecified atom stereocenters. The maximum absolute atomic E-state index is 11.6. The van der Waals surface area contributed by atoms with Crippen molar-refractivity contribution < 1.29 is 19.1 Å². The highest BCUT2D eigenvalue weighted by molar-refractivity contribution is 6.04. The number of para-hydroxylation sites is 1. The van der Waals surface area contributed by atoms with Crippen molar-refractivity contribution in [2.24, 2.45) is 0 Å². The van der Waals surface area contributed by atoms with Crippen molar-refractivity contribution in [3.63, 3.8) is 0 Å². The molecule has 0 saturated heterocycles. The Kier molecular flexibility index (Phi) is 5.11. The summed E-state index contributed by atoms with van der Waals surface area (Å²) in [5.74, 6) is -1.74. The van der Waals surface area contributed by atoms with Crippen LogP contribution in [0.4, 0.5) is 5.69 Å². The number of benzene rings is 1. The maximum atomic E-state index is 11.6. The van der Waals surface area contributed by atoms with Crippen LogP contribution in [0.2, 0.25) is 0 Å². The zero-order valence-corrected chi connectivity index (χ0v) is 10.5. The summed E-state index contributed by atoms with van der Waals surface area (Å²) >= 11 is 0. The fraction of sp³-hybridized carbons (Fsp3) is 0.154. The molecule has 0 radical (unpaired) electrons. The number of carbonyl (C=O) groups excluding carboxylic acids is 2. The number of nitrogens with one attached hydrogen (secondary N) is 1. The van der Waals surface area contributed by atoms with E-state index < -0.39 is 17.5 Å². The fourth-order valence-electron chi connectivity index (χ4n) is 1.29. The molecule has 0 amide bonds. The summed E-state index contributed by atoms with van der Waals surface area (Å²) in [4.78, 5) is 23.1. The second kappa shape index (κ2) is 6.81. The molecule has 1 aromatic rings. The number of ether oxygens (including phenoxy) is 2. The first-order valence-corrected chi connectivity index (χ1v) is 5.27. The lowest BCUT2D eigenvalue weighted by Crippen LogP contribution is -2.19. The van der Waals surface area contributed by atoms with Gasteiger partial charge in [-0.3, -0.25) is 0 Å². The van der Waals surface area contributed by atoms with Crippen LogP contribution in [0.5, 0.6) is 0 Å². The molecule has 6 heteroatoms. The summed E-state index contributed by atoms with van der Waals surface area (Å²) in [5, 5.41) is 11.6. The fourth-order valence-corrected chi connectivity index (χ4v) is 1.29. The van der Waals surface area contributed by atoms with E-state index in [1.807, 2.05) is 0 Å². The predicted molar refractivity (Wildman–Crippen MR) is 66.7 cm³/mol. The molecule has 0 fully saturated rings. The molecule has 98 valence electrons. The third-order valence-corrected chi connectivity index (χ3v) is 2.18. The van der Waals surface area contributed by atoms with Crippen LogP contribution in [0.25, 0.3) is 0 Å². The third kappa shape index (κ3) is 3.57. The Morgan fingerprint density at radius 3 is 2.16 bits per heavy atom. The van der Waals surface area contributed by atoms with Crippen molar-refractivity contribution in [2.45, 2.75) is 0 Å². The molecule has 1 aromatic carbocycles. The Balaban J connectivity index is 3.22. The van der Waals surface area contributed by atoms with E-state index in [9.17, 15) is 9.59 Å². The molecule has 0 saturated carbocycles. The summed E-state index contributed by atoms with van der Waals surface area (Å²) in [7, 11) is 2.28. The smallest absolute Gasteiger partial charge is 0.356 e. The van der Waals surface area contributed by atoms with Gasteiger partial charge in [0.2, 0.25) is 0 Å². The van der Waals surface area contributed by atoms with Crippen LogP contribution in [0.15, 0.2) is 41.6 Å². The van der Waals surface area contributed by atoms with Crippen LogP contribution in [-0.4, -0.2) is 26.2 Å². The average molecular weight is 260 g/mol. The van der Waals surface area contributed by atoms with E-state index in [0.29, 0.717) is 5.69 Å². The Labute approximate surface area is 110 Å². The third-order valence-electron chi connectivity index (χ3n) is 2.18. The van der Waals surface area contributed by atoms with Gasteiger partial charge in [-0.25, -0.2) is 9.59 Å². The molecule has 0 aliphatic rings. The highest BCUT2D eigenvalue weighted by Gasteiger charge is 2.22. The summed E-state index contributed by atoms with van der Waals surface area (Å²) in [6.45, 7) is 0. The zero-order valence-electron chi connectivity index (χ0n) is 10.5. The van der Waals surface area contributed by atoms with E-state index in [4.69, 9.17) is 5.26 Å². The lowest BCUT2D eigenvalue weighted by Gasteiger charge is -2.10. The molecule has 0 bridgehead atoms. The monoisotopic (exact) mass is 260 g/mol. The van der Waals surface area contributed by atoms with Crippen LogP contribution in [-0.2, 0) is 19.1 Å². The van der Waals surface area contributed by atoms with Crippen LogP contribution in [0, 0.1) is 11.3 Å². The van der Waals surface area contributed by atoms with Crippen molar-refractivity contribution in [2.75, 3.05) is 19.5 Å². The minimum absolute atomic E-state index is 0.261. The minimum Gasteiger partial charge on any atom is -0.465 e. The summed E-state index contributed by atoms with van der Waals surface area (Å²) in [5.41, 5.74) is -0.166. The molecular formula is C13H12N2O4. The number of rotatable bonds is 4. The molecule has 0 aromatic heterocycles. The molecular weight excluding hydrogens is 248 g/mol. The van der Waals surface area contributed by atoms with Gasteiger partial charge in [0.15, 0.2) is 11.3 Å². The molecule has 0 heterocycles. The summed E-state index contributed by atoms with van der Waals surface area (Å²) in [6, 6.07) is 10.2. The van der Waals surface area contributed by atoms with Crippen LogP contribution >= 0.6 is 0 Å². The number of hydrogen-bond donors (Lipinski definition) is 1.